The number of hydrogen-bond acceptors (Lipinski definition) is 34. The van der Waals surface area contributed by atoms with Gasteiger partial charge in [0.25, 0.3) is 7.82 Å². The highest BCUT2D eigenvalue weighted by Gasteiger charge is 2.48. The molecule has 4 saturated heterocycles. The number of unbranched alkanes of at least 4 members (excludes halogenated alkanes) is 16. The fourth-order valence-electron chi connectivity index (χ4n) is 14.3. The van der Waals surface area contributed by atoms with Crippen LogP contribution in [0.2, 0.25) is 0 Å². The number of hydrogen-bond donors (Lipinski definition) is 16. The van der Waals surface area contributed by atoms with Crippen LogP contribution in [0.25, 0.3) is 0 Å². The molecule has 0 bridgehead atoms. The van der Waals surface area contributed by atoms with Crippen molar-refractivity contribution in [2.75, 3.05) is 146 Å². The Labute approximate surface area is 726 Å². The fourth-order valence-corrected chi connectivity index (χ4v) is 14.8. The number of nitrogens with one attached hydrogen (secondary N) is 7. The minimum atomic E-state index is -4.17. The SMILES string of the molecule is COP(=O)([O-])OCCCCCCCCCCc1cn(COCCOCCC(=O)N2CCC(C(=O)NC(COCCC(=O)NCCCCCCOC3OC(CO)C(O)C(O)C3NC(C)=O)(COCCC(=O)NCCCCCCOC3OC(CO)C(O)C(O)C3NC(C)=O)COCCC(=O)NCCCCCCOC3OC(CO)C(O)C(O)C3NC(C)=O)CC2)nn1. The lowest BCUT2D eigenvalue weighted by atomic mass is 9.93. The van der Waals surface area contributed by atoms with Gasteiger partial charge in [-0.1, -0.05) is 82.3 Å². The van der Waals surface area contributed by atoms with Crippen molar-refractivity contribution >= 4 is 55.1 Å². The van der Waals surface area contributed by atoms with E-state index >= 15 is 0 Å². The van der Waals surface area contributed by atoms with Gasteiger partial charge in [-0.05, 0) is 70.6 Å². The first kappa shape index (κ1) is 109. The molecule has 0 aliphatic carbocycles. The third-order valence-corrected chi connectivity index (χ3v) is 22.3. The average molecular weight is 1800 g/mol. The number of carbonyl (C=O) groups is 8. The normalized spacial score (nSPS) is 24.6. The summed E-state index contributed by atoms with van der Waals surface area (Å²) < 4.78 is 86.4. The summed E-state index contributed by atoms with van der Waals surface area (Å²) in [5.74, 6) is -3.52. The van der Waals surface area contributed by atoms with E-state index in [1.54, 1.807) is 9.58 Å². The van der Waals surface area contributed by atoms with E-state index in [2.05, 4.69) is 52.1 Å². The summed E-state index contributed by atoms with van der Waals surface area (Å²) in [7, 11) is -3.10. The topological polar surface area (TPSA) is 597 Å². The number of phosphoric ester groups is 1. The first-order valence-electron chi connectivity index (χ1n) is 43.9. The second-order valence-electron chi connectivity index (χ2n) is 31.7. The largest absolute Gasteiger partial charge is 0.756 e. The zero-order valence-electron chi connectivity index (χ0n) is 72.6. The summed E-state index contributed by atoms with van der Waals surface area (Å²) in [6.07, 6.45) is 3.01. The Bertz CT molecular complexity index is 3000. The van der Waals surface area contributed by atoms with E-state index in [1.807, 2.05) is 6.20 Å². The molecule has 4 aliphatic heterocycles. The fraction of sp³-hybridized carbons (Fsp3) is 0.875. The lowest BCUT2D eigenvalue weighted by molar-refractivity contribution is -0.270. The molecule has 0 aromatic carbocycles. The number of phosphoric acid groups is 1. The molecular formula is C80H143N11O32P-. The van der Waals surface area contributed by atoms with Crippen LogP contribution in [0.3, 0.4) is 0 Å². The van der Waals surface area contributed by atoms with Crippen LogP contribution in [0.15, 0.2) is 6.20 Å². The number of amides is 8. The number of aliphatic hydroxyl groups excluding tert-OH is 9. The number of carbonyl (C=O) groups excluding carboxylic acids is 8. The van der Waals surface area contributed by atoms with Gasteiger partial charge in [0.2, 0.25) is 47.3 Å². The maximum absolute atomic E-state index is 14.6. The Morgan fingerprint density at radius 3 is 1.23 bits per heavy atom. The number of rotatable bonds is 68. The molecule has 5 heterocycles. The summed E-state index contributed by atoms with van der Waals surface area (Å²) in [6.45, 7) is 3.87. The molecule has 0 saturated carbocycles. The minimum absolute atomic E-state index is 0.0812. The number of nitrogens with zero attached hydrogens (tertiary/aromatic N) is 4. The number of aryl methyl sites for hydroxylation is 1. The Hall–Kier alpha value is -5.79. The van der Waals surface area contributed by atoms with Crippen LogP contribution in [0.4, 0.5) is 0 Å². The number of piperidine rings is 1. The first-order chi connectivity index (χ1) is 59.6. The van der Waals surface area contributed by atoms with E-state index < -0.39 is 155 Å². The summed E-state index contributed by atoms with van der Waals surface area (Å²) >= 11 is 0. The highest BCUT2D eigenvalue weighted by Crippen LogP contribution is 2.37. The second-order valence-corrected chi connectivity index (χ2v) is 33.2. The van der Waals surface area contributed by atoms with Crippen molar-refractivity contribution in [1.82, 2.24) is 57.1 Å². The zero-order valence-corrected chi connectivity index (χ0v) is 73.5. The van der Waals surface area contributed by atoms with Crippen molar-refractivity contribution in [3.8, 4) is 0 Å². The summed E-state index contributed by atoms with van der Waals surface area (Å²) in [6, 6.07) is -3.21. The van der Waals surface area contributed by atoms with Crippen LogP contribution in [-0.2, 0) is 117 Å². The van der Waals surface area contributed by atoms with E-state index in [0.717, 1.165) is 64.2 Å². The molecule has 8 amide bonds. The Kier molecular flexibility index (Phi) is 54.8. The molecule has 4 aliphatic rings. The highest BCUT2D eigenvalue weighted by atomic mass is 31.2. The van der Waals surface area contributed by atoms with E-state index in [-0.39, 0.29) is 155 Å². The summed E-state index contributed by atoms with van der Waals surface area (Å²) in [5, 5.41) is 120. The molecule has 4 fully saturated rings. The van der Waals surface area contributed by atoms with Crippen LogP contribution < -0.4 is 42.1 Å². The third kappa shape index (κ3) is 43.1. The van der Waals surface area contributed by atoms with Gasteiger partial charge >= 0.3 is 0 Å². The van der Waals surface area contributed by atoms with Crippen molar-refractivity contribution in [3.63, 3.8) is 0 Å². The Balaban J connectivity index is 1.13. The van der Waals surface area contributed by atoms with Gasteiger partial charge < -0.3 is 154 Å². The van der Waals surface area contributed by atoms with Gasteiger partial charge in [-0.25, -0.2) is 4.68 Å². The van der Waals surface area contributed by atoms with Crippen LogP contribution in [0, 0.1) is 5.92 Å². The molecule has 43 nitrogen and oxygen atoms in total. The Morgan fingerprint density at radius 1 is 0.476 bits per heavy atom. The molecule has 16 unspecified atom stereocenters. The molecule has 16 N–H and O–H groups in total. The number of aromatic nitrogens is 3. The van der Waals surface area contributed by atoms with Crippen molar-refractivity contribution in [3.05, 3.63) is 11.9 Å². The van der Waals surface area contributed by atoms with Gasteiger partial charge in [0, 0.05) is 106 Å². The molecule has 0 radical (unpaired) electrons. The quantitative estimate of drug-likeness (QED) is 0.0240. The van der Waals surface area contributed by atoms with Gasteiger partial charge in [0.05, 0.1) is 104 Å². The molecule has 716 valence electrons. The molecule has 44 heteroatoms. The molecule has 1 aromatic rings. The maximum atomic E-state index is 14.6. The molecule has 1 aromatic heterocycles. The highest BCUT2D eigenvalue weighted by molar-refractivity contribution is 7.45. The minimum Gasteiger partial charge on any atom is -0.756 e. The molecule has 5 rings (SSSR count). The lowest BCUT2D eigenvalue weighted by Gasteiger charge is -2.42. The zero-order chi connectivity index (χ0) is 90.5. The predicted molar refractivity (Wildman–Crippen MR) is 437 cm³/mol. The monoisotopic (exact) mass is 1800 g/mol. The maximum Gasteiger partial charge on any atom is 0.267 e. The number of aliphatic hydroxyl groups is 9. The standard InChI is InChI=1S/C80H144N11O32P/c1-55(95)84-67-73(105)70(102)60(48-92)121-77(67)117-37-21-14-10-18-32-81-63(98)28-41-113-51-80(52-114-42-29-64(99)82-33-19-11-15-22-38-118-78-68(85-56(2)96)74(106)71(103)61(49-93)122-78,53-115-43-30-65(100)83-34-20-12-16-23-39-119-79-69(86-57(3)97)75(107)72(104)62(50-94)123-79)87-76(108)58-26-35-90(36-27-58)66(101)31-44-112-45-46-116-54-91-47-59(88-89-91)25-17-9-7-5-6-8-13-24-40-120-124(109,110)111-4/h47,58,60-62,67-75,77-79,92-94,102-107H,5-46,48-54H2,1-4H3,(H,81,98)(H,82,99)(H,83,100)(H,84,95)(H,85,96)(H,86,97)(H,87,108)(H,109,110)/p-1. The Morgan fingerprint density at radius 2 is 0.839 bits per heavy atom. The van der Waals surface area contributed by atoms with Crippen LogP contribution >= 0.6 is 7.82 Å². The van der Waals surface area contributed by atoms with Crippen molar-refractivity contribution in [2.24, 2.45) is 5.92 Å². The van der Waals surface area contributed by atoms with Gasteiger partial charge in [-0.3, -0.25) is 42.9 Å². The van der Waals surface area contributed by atoms with E-state index in [1.165, 1.54) is 20.8 Å². The molecular weight excluding hydrogens is 1660 g/mol. The van der Waals surface area contributed by atoms with E-state index in [4.69, 9.17) is 56.6 Å². The van der Waals surface area contributed by atoms with Crippen LogP contribution in [-0.4, -0.2) is 356 Å². The van der Waals surface area contributed by atoms with Gasteiger partial charge in [0.1, 0.15) is 85.3 Å². The van der Waals surface area contributed by atoms with Crippen LogP contribution in [0.1, 0.15) is 193 Å². The van der Waals surface area contributed by atoms with E-state index in [9.17, 15) is 93.8 Å². The second kappa shape index (κ2) is 62.4. The van der Waals surface area contributed by atoms with Gasteiger partial charge in [0.15, 0.2) is 18.9 Å². The van der Waals surface area contributed by atoms with Crippen LogP contribution in [0.5, 0.6) is 0 Å². The lowest BCUT2D eigenvalue weighted by Crippen LogP contribution is -2.64. The molecule has 124 heavy (non-hydrogen) atoms. The van der Waals surface area contributed by atoms with Crippen molar-refractivity contribution < 1.29 is 155 Å². The summed E-state index contributed by atoms with van der Waals surface area (Å²) in [5.41, 5.74) is -0.603. The molecule has 0 spiro atoms. The average Bonchev–Trinajstić information content (AvgIpc) is 0.934. The smallest absolute Gasteiger partial charge is 0.267 e. The van der Waals surface area contributed by atoms with Crippen molar-refractivity contribution in [2.45, 2.75) is 298 Å². The van der Waals surface area contributed by atoms with Crippen molar-refractivity contribution in [1.29, 1.82) is 0 Å². The van der Waals surface area contributed by atoms with Gasteiger partial charge in [-0.2, -0.15) is 0 Å². The number of ether oxygens (including phenoxy) is 11. The summed E-state index contributed by atoms with van der Waals surface area (Å²) in [4.78, 5) is 116. The number of likely N-dealkylation sites (tertiary alicyclic amines) is 1. The van der Waals surface area contributed by atoms with E-state index in [0.29, 0.717) is 116 Å². The predicted octanol–water partition coefficient (Wildman–Crippen LogP) is -2.32. The third-order valence-electron chi connectivity index (χ3n) is 21.4. The van der Waals surface area contributed by atoms with Gasteiger partial charge in [-0.15, -0.1) is 5.10 Å². The molecule has 16 atom stereocenters. The first-order valence-corrected chi connectivity index (χ1v) is 45.3.